The summed E-state index contributed by atoms with van der Waals surface area (Å²) >= 11 is 2.04. The Hall–Kier alpha value is 0.0100. The highest BCUT2D eigenvalue weighted by Gasteiger charge is 2.29. The number of rotatable bonds is 5. The first kappa shape index (κ1) is 11.1. The molecule has 13 heavy (non-hydrogen) atoms. The Bertz CT molecular complexity index is 153. The zero-order valence-corrected chi connectivity index (χ0v) is 9.04. The monoisotopic (exact) mass is 200 g/mol. The van der Waals surface area contributed by atoms with E-state index >= 15 is 0 Å². The molecule has 1 aliphatic rings. The first-order valence-corrected chi connectivity index (χ1v) is 6.12. The third-order valence-corrected chi connectivity index (χ3v) is 3.67. The Balaban J connectivity index is 2.33. The van der Waals surface area contributed by atoms with Gasteiger partial charge in [-0.2, -0.15) is 11.8 Å². The number of hydrogen-bond donors (Lipinski definition) is 2. The zero-order valence-electron chi connectivity index (χ0n) is 8.22. The van der Waals surface area contributed by atoms with Crippen LogP contribution in [0, 0.1) is 0 Å². The summed E-state index contributed by atoms with van der Waals surface area (Å²) in [5.41, 5.74) is 6.05. The fourth-order valence-corrected chi connectivity index (χ4v) is 2.93. The smallest absolute Gasteiger partial charge is 0.0319 e. The lowest BCUT2D eigenvalue weighted by atomic mass is 9.92. The van der Waals surface area contributed by atoms with E-state index in [-0.39, 0.29) is 5.54 Å². The molecule has 76 valence electrons. The van der Waals surface area contributed by atoms with Crippen LogP contribution in [0.15, 0.2) is 12.7 Å². The van der Waals surface area contributed by atoms with Crippen LogP contribution in [0.4, 0.5) is 0 Å². The van der Waals surface area contributed by atoms with Gasteiger partial charge in [-0.3, -0.25) is 0 Å². The van der Waals surface area contributed by atoms with Crippen molar-refractivity contribution in [2.24, 2.45) is 5.73 Å². The number of hydrogen-bond acceptors (Lipinski definition) is 3. The molecular formula is C10H20N2S. The van der Waals surface area contributed by atoms with E-state index in [0.717, 1.165) is 19.5 Å². The van der Waals surface area contributed by atoms with Gasteiger partial charge in [-0.05, 0) is 37.3 Å². The normalized spacial score (nSPS) is 21.3. The van der Waals surface area contributed by atoms with Crippen LogP contribution in [-0.4, -0.2) is 30.1 Å². The lowest BCUT2D eigenvalue weighted by Crippen LogP contribution is -2.53. The summed E-state index contributed by atoms with van der Waals surface area (Å²) in [6.45, 7) is 5.50. The summed E-state index contributed by atoms with van der Waals surface area (Å²) in [4.78, 5) is 0. The molecule has 0 aromatic carbocycles. The molecule has 0 atom stereocenters. The standard InChI is InChI=1S/C10H20N2S/c1-2-3-6-12-10(9-11)4-7-13-8-5-10/h2,12H,1,3-9,11H2. The second-order valence-corrected chi connectivity index (χ2v) is 4.83. The van der Waals surface area contributed by atoms with Gasteiger partial charge < -0.3 is 11.1 Å². The van der Waals surface area contributed by atoms with Crippen molar-refractivity contribution in [2.45, 2.75) is 24.8 Å². The van der Waals surface area contributed by atoms with Crippen molar-refractivity contribution >= 4 is 11.8 Å². The van der Waals surface area contributed by atoms with E-state index in [4.69, 9.17) is 5.73 Å². The highest BCUT2D eigenvalue weighted by Crippen LogP contribution is 2.25. The molecule has 0 aromatic heterocycles. The number of nitrogens with one attached hydrogen (secondary N) is 1. The van der Waals surface area contributed by atoms with Gasteiger partial charge in [0.05, 0.1) is 0 Å². The maximum Gasteiger partial charge on any atom is 0.0319 e. The highest BCUT2D eigenvalue weighted by molar-refractivity contribution is 7.99. The van der Waals surface area contributed by atoms with Crippen LogP contribution < -0.4 is 11.1 Å². The largest absolute Gasteiger partial charge is 0.329 e. The molecule has 0 aliphatic carbocycles. The molecule has 1 rings (SSSR count). The quantitative estimate of drug-likeness (QED) is 0.520. The predicted octanol–water partition coefficient (Wildman–Crippen LogP) is 1.38. The molecule has 0 amide bonds. The summed E-state index contributed by atoms with van der Waals surface area (Å²) in [5.74, 6) is 2.50. The third kappa shape index (κ3) is 3.33. The van der Waals surface area contributed by atoms with Gasteiger partial charge in [0.15, 0.2) is 0 Å². The molecule has 0 radical (unpaired) electrons. The van der Waals surface area contributed by atoms with E-state index < -0.39 is 0 Å². The average molecular weight is 200 g/mol. The Morgan fingerprint density at radius 3 is 2.69 bits per heavy atom. The fraction of sp³-hybridized carbons (Fsp3) is 0.800. The van der Waals surface area contributed by atoms with Crippen molar-refractivity contribution in [3.05, 3.63) is 12.7 Å². The van der Waals surface area contributed by atoms with E-state index in [1.165, 1.54) is 24.3 Å². The Morgan fingerprint density at radius 1 is 1.46 bits per heavy atom. The van der Waals surface area contributed by atoms with Crippen LogP contribution in [0.1, 0.15) is 19.3 Å². The van der Waals surface area contributed by atoms with E-state index in [1.807, 2.05) is 17.8 Å². The lowest BCUT2D eigenvalue weighted by molar-refractivity contribution is 0.312. The summed E-state index contributed by atoms with van der Waals surface area (Å²) < 4.78 is 0. The maximum absolute atomic E-state index is 5.82. The van der Waals surface area contributed by atoms with Crippen LogP contribution in [0.5, 0.6) is 0 Å². The van der Waals surface area contributed by atoms with Gasteiger partial charge in [0, 0.05) is 12.1 Å². The summed E-state index contributed by atoms with van der Waals surface area (Å²) in [6, 6.07) is 0. The van der Waals surface area contributed by atoms with Crippen molar-refractivity contribution in [2.75, 3.05) is 24.6 Å². The van der Waals surface area contributed by atoms with Crippen LogP contribution in [0.3, 0.4) is 0 Å². The fourth-order valence-electron chi connectivity index (χ4n) is 1.65. The van der Waals surface area contributed by atoms with E-state index in [1.54, 1.807) is 0 Å². The van der Waals surface area contributed by atoms with Gasteiger partial charge in [0.25, 0.3) is 0 Å². The van der Waals surface area contributed by atoms with Crippen molar-refractivity contribution < 1.29 is 0 Å². The van der Waals surface area contributed by atoms with Crippen molar-refractivity contribution in [1.82, 2.24) is 5.32 Å². The second kappa shape index (κ2) is 5.68. The van der Waals surface area contributed by atoms with E-state index in [9.17, 15) is 0 Å². The zero-order chi connectivity index (χ0) is 9.57. The van der Waals surface area contributed by atoms with Gasteiger partial charge in [-0.25, -0.2) is 0 Å². The van der Waals surface area contributed by atoms with Crippen molar-refractivity contribution in [1.29, 1.82) is 0 Å². The minimum Gasteiger partial charge on any atom is -0.329 e. The minimum atomic E-state index is 0.230. The van der Waals surface area contributed by atoms with Crippen LogP contribution in [-0.2, 0) is 0 Å². The Labute approximate surface area is 85.3 Å². The van der Waals surface area contributed by atoms with E-state index in [0.29, 0.717) is 0 Å². The minimum absolute atomic E-state index is 0.230. The summed E-state index contributed by atoms with van der Waals surface area (Å²) in [5, 5.41) is 3.58. The number of nitrogens with two attached hydrogens (primary N) is 1. The Morgan fingerprint density at radius 2 is 2.15 bits per heavy atom. The molecule has 3 heteroatoms. The predicted molar refractivity (Wildman–Crippen MR) is 61.2 cm³/mol. The molecule has 0 unspecified atom stereocenters. The Kier molecular flexibility index (Phi) is 4.84. The summed E-state index contributed by atoms with van der Waals surface area (Å²) in [7, 11) is 0. The van der Waals surface area contributed by atoms with Gasteiger partial charge in [0.2, 0.25) is 0 Å². The van der Waals surface area contributed by atoms with Gasteiger partial charge >= 0.3 is 0 Å². The molecule has 0 saturated carbocycles. The topological polar surface area (TPSA) is 38.0 Å². The molecule has 1 aliphatic heterocycles. The van der Waals surface area contributed by atoms with Crippen LogP contribution >= 0.6 is 11.8 Å². The summed E-state index contributed by atoms with van der Waals surface area (Å²) in [6.07, 6.45) is 5.42. The molecule has 1 saturated heterocycles. The third-order valence-electron chi connectivity index (χ3n) is 2.69. The first-order chi connectivity index (χ1) is 6.33. The van der Waals surface area contributed by atoms with Crippen LogP contribution in [0.25, 0.3) is 0 Å². The highest BCUT2D eigenvalue weighted by atomic mass is 32.2. The SMILES string of the molecule is C=CCCNC1(CN)CCSCC1. The molecule has 3 N–H and O–H groups in total. The van der Waals surface area contributed by atoms with E-state index in [2.05, 4.69) is 11.9 Å². The molecule has 0 spiro atoms. The molecular weight excluding hydrogens is 180 g/mol. The molecule has 0 bridgehead atoms. The molecule has 1 heterocycles. The first-order valence-electron chi connectivity index (χ1n) is 4.97. The molecule has 0 aromatic rings. The second-order valence-electron chi connectivity index (χ2n) is 3.60. The van der Waals surface area contributed by atoms with Crippen molar-refractivity contribution in [3.8, 4) is 0 Å². The lowest BCUT2D eigenvalue weighted by Gasteiger charge is -2.37. The maximum atomic E-state index is 5.82. The average Bonchev–Trinajstić information content (AvgIpc) is 2.20. The molecule has 1 fully saturated rings. The number of thioether (sulfide) groups is 1. The van der Waals surface area contributed by atoms with Crippen molar-refractivity contribution in [3.63, 3.8) is 0 Å². The molecule has 2 nitrogen and oxygen atoms in total. The van der Waals surface area contributed by atoms with Gasteiger partial charge in [0.1, 0.15) is 0 Å². The van der Waals surface area contributed by atoms with Gasteiger partial charge in [-0.15, -0.1) is 6.58 Å². The van der Waals surface area contributed by atoms with Gasteiger partial charge in [-0.1, -0.05) is 6.08 Å². The van der Waals surface area contributed by atoms with Crippen LogP contribution in [0.2, 0.25) is 0 Å².